The summed E-state index contributed by atoms with van der Waals surface area (Å²) in [5.41, 5.74) is -0.592. The van der Waals surface area contributed by atoms with Gasteiger partial charge < -0.3 is 10.4 Å². The number of nitro groups is 1. The number of hydrogen-bond donors (Lipinski definition) is 2. The topological polar surface area (TPSA) is 105 Å². The standard InChI is InChI=1S/C12H16ClN3O4/c1-7(2)3-8(6-17)15-12(18)9-4-11(13)14-5-10(9)16(19)20/h4-5,7-8,17H,3,6H2,1-2H3,(H,15,18). The van der Waals surface area contributed by atoms with Crippen LogP contribution in [0.3, 0.4) is 0 Å². The summed E-state index contributed by atoms with van der Waals surface area (Å²) < 4.78 is 0. The molecule has 0 aliphatic rings. The van der Waals surface area contributed by atoms with Crippen LogP contribution < -0.4 is 5.32 Å². The van der Waals surface area contributed by atoms with Crippen LogP contribution in [0.4, 0.5) is 5.69 Å². The maximum atomic E-state index is 12.1. The van der Waals surface area contributed by atoms with E-state index in [1.165, 1.54) is 0 Å². The van der Waals surface area contributed by atoms with Gasteiger partial charge >= 0.3 is 0 Å². The smallest absolute Gasteiger partial charge is 0.300 e. The van der Waals surface area contributed by atoms with Crippen molar-refractivity contribution in [3.8, 4) is 0 Å². The Hall–Kier alpha value is -1.73. The molecule has 0 radical (unpaired) electrons. The Labute approximate surface area is 121 Å². The Bertz CT molecular complexity index is 507. The number of amides is 1. The lowest BCUT2D eigenvalue weighted by Gasteiger charge is -2.18. The SMILES string of the molecule is CC(C)CC(CO)NC(=O)c1cc(Cl)ncc1[N+](=O)[O-]. The van der Waals surface area contributed by atoms with E-state index in [4.69, 9.17) is 11.6 Å². The highest BCUT2D eigenvalue weighted by Gasteiger charge is 2.23. The molecular weight excluding hydrogens is 286 g/mol. The molecule has 7 nitrogen and oxygen atoms in total. The van der Waals surface area contributed by atoms with Crippen LogP contribution in [0.15, 0.2) is 12.3 Å². The summed E-state index contributed by atoms with van der Waals surface area (Å²) in [4.78, 5) is 25.8. The molecular formula is C12H16ClN3O4. The van der Waals surface area contributed by atoms with E-state index >= 15 is 0 Å². The lowest BCUT2D eigenvalue weighted by molar-refractivity contribution is -0.385. The minimum Gasteiger partial charge on any atom is -0.394 e. The summed E-state index contributed by atoms with van der Waals surface area (Å²) >= 11 is 5.66. The number of nitrogens with zero attached hydrogens (tertiary/aromatic N) is 2. The van der Waals surface area contributed by atoms with Gasteiger partial charge in [-0.3, -0.25) is 14.9 Å². The van der Waals surface area contributed by atoms with Gasteiger partial charge in [0.15, 0.2) is 0 Å². The van der Waals surface area contributed by atoms with Crippen LogP contribution >= 0.6 is 11.6 Å². The molecule has 20 heavy (non-hydrogen) atoms. The molecule has 1 aromatic rings. The summed E-state index contributed by atoms with van der Waals surface area (Å²) in [7, 11) is 0. The Kier molecular flexibility index (Phi) is 5.84. The summed E-state index contributed by atoms with van der Waals surface area (Å²) in [6, 6.07) is 0.674. The molecule has 0 aromatic carbocycles. The third-order valence-corrected chi connectivity index (χ3v) is 2.81. The zero-order chi connectivity index (χ0) is 15.3. The first-order valence-corrected chi connectivity index (χ1v) is 6.44. The third kappa shape index (κ3) is 4.43. The van der Waals surface area contributed by atoms with Crippen LogP contribution in [0.1, 0.15) is 30.6 Å². The Morgan fingerprint density at radius 3 is 2.75 bits per heavy atom. The van der Waals surface area contributed by atoms with E-state index in [1.807, 2.05) is 13.8 Å². The zero-order valence-electron chi connectivity index (χ0n) is 11.2. The van der Waals surface area contributed by atoms with Crippen molar-refractivity contribution in [1.82, 2.24) is 10.3 Å². The molecule has 8 heteroatoms. The van der Waals surface area contributed by atoms with Gasteiger partial charge in [0, 0.05) is 0 Å². The number of rotatable bonds is 6. The van der Waals surface area contributed by atoms with Gasteiger partial charge in [0.1, 0.15) is 16.9 Å². The summed E-state index contributed by atoms with van der Waals surface area (Å²) in [6.07, 6.45) is 1.50. The maximum absolute atomic E-state index is 12.1. The third-order valence-electron chi connectivity index (χ3n) is 2.60. The normalized spacial score (nSPS) is 12.2. The molecule has 1 aromatic heterocycles. The molecule has 0 aliphatic carbocycles. The monoisotopic (exact) mass is 301 g/mol. The van der Waals surface area contributed by atoms with Crippen molar-refractivity contribution >= 4 is 23.2 Å². The molecule has 0 aliphatic heterocycles. The van der Waals surface area contributed by atoms with Crippen molar-refractivity contribution in [3.05, 3.63) is 33.1 Å². The average molecular weight is 302 g/mol. The summed E-state index contributed by atoms with van der Waals surface area (Å²) in [5.74, 6) is -0.385. The quantitative estimate of drug-likeness (QED) is 0.473. The highest BCUT2D eigenvalue weighted by Crippen LogP contribution is 2.20. The van der Waals surface area contributed by atoms with E-state index < -0.39 is 22.6 Å². The second kappa shape index (κ2) is 7.16. The molecule has 1 rings (SSSR count). The van der Waals surface area contributed by atoms with Crippen molar-refractivity contribution in [1.29, 1.82) is 0 Å². The van der Waals surface area contributed by atoms with Gasteiger partial charge in [-0.25, -0.2) is 4.98 Å². The first-order chi connectivity index (χ1) is 9.35. The van der Waals surface area contributed by atoms with Gasteiger partial charge in [0.05, 0.1) is 17.6 Å². The van der Waals surface area contributed by atoms with E-state index in [-0.39, 0.29) is 23.2 Å². The molecule has 2 N–H and O–H groups in total. The van der Waals surface area contributed by atoms with E-state index in [0.29, 0.717) is 6.42 Å². The summed E-state index contributed by atoms with van der Waals surface area (Å²) in [6.45, 7) is 3.65. The van der Waals surface area contributed by atoms with Crippen LogP contribution in [-0.4, -0.2) is 33.6 Å². The Morgan fingerprint density at radius 2 is 2.25 bits per heavy atom. The molecule has 110 valence electrons. The molecule has 1 amide bonds. The second-order valence-corrected chi connectivity index (χ2v) is 5.15. The van der Waals surface area contributed by atoms with Gasteiger partial charge in [-0.2, -0.15) is 0 Å². The Balaban J connectivity index is 2.96. The first kappa shape index (κ1) is 16.3. The van der Waals surface area contributed by atoms with Gasteiger partial charge in [-0.05, 0) is 18.4 Å². The molecule has 0 saturated carbocycles. The van der Waals surface area contributed by atoms with Crippen molar-refractivity contribution in [3.63, 3.8) is 0 Å². The molecule has 0 saturated heterocycles. The summed E-state index contributed by atoms with van der Waals surface area (Å²) in [5, 5.41) is 22.6. The number of pyridine rings is 1. The van der Waals surface area contributed by atoms with Gasteiger partial charge in [-0.1, -0.05) is 25.4 Å². The number of aliphatic hydroxyl groups is 1. The molecule has 0 fully saturated rings. The minimum atomic E-state index is -0.700. The van der Waals surface area contributed by atoms with Gasteiger partial charge in [0.25, 0.3) is 11.6 Å². The number of halogens is 1. The predicted molar refractivity (Wildman–Crippen MR) is 73.7 cm³/mol. The fourth-order valence-electron chi connectivity index (χ4n) is 1.76. The maximum Gasteiger partial charge on any atom is 0.300 e. The van der Waals surface area contributed by atoms with E-state index in [1.54, 1.807) is 0 Å². The molecule has 1 heterocycles. The van der Waals surface area contributed by atoms with Gasteiger partial charge in [-0.15, -0.1) is 0 Å². The van der Waals surface area contributed by atoms with Crippen LogP contribution in [0.25, 0.3) is 0 Å². The highest BCUT2D eigenvalue weighted by molar-refractivity contribution is 6.29. The van der Waals surface area contributed by atoms with Crippen molar-refractivity contribution in [2.45, 2.75) is 26.3 Å². The minimum absolute atomic E-state index is 0.00911. The molecule has 1 unspecified atom stereocenters. The zero-order valence-corrected chi connectivity index (χ0v) is 11.9. The average Bonchev–Trinajstić information content (AvgIpc) is 2.36. The largest absolute Gasteiger partial charge is 0.394 e. The lowest BCUT2D eigenvalue weighted by Crippen LogP contribution is -2.38. The fraction of sp³-hybridized carbons (Fsp3) is 0.500. The number of hydrogen-bond acceptors (Lipinski definition) is 5. The number of aliphatic hydroxyl groups excluding tert-OH is 1. The number of aromatic nitrogens is 1. The van der Waals surface area contributed by atoms with Gasteiger partial charge in [0.2, 0.25) is 0 Å². The Morgan fingerprint density at radius 1 is 1.60 bits per heavy atom. The van der Waals surface area contributed by atoms with Crippen LogP contribution in [0.2, 0.25) is 5.15 Å². The van der Waals surface area contributed by atoms with E-state index in [0.717, 1.165) is 12.3 Å². The fourth-order valence-corrected chi connectivity index (χ4v) is 1.92. The molecule has 0 spiro atoms. The molecule has 0 bridgehead atoms. The number of carbonyl (C=O) groups excluding carboxylic acids is 1. The lowest BCUT2D eigenvalue weighted by atomic mass is 10.0. The predicted octanol–water partition coefficient (Wildman–Crippen LogP) is 1.78. The van der Waals surface area contributed by atoms with E-state index in [9.17, 15) is 20.0 Å². The number of nitrogens with one attached hydrogen (secondary N) is 1. The molecule has 1 atom stereocenters. The van der Waals surface area contributed by atoms with E-state index in [2.05, 4.69) is 10.3 Å². The first-order valence-electron chi connectivity index (χ1n) is 6.06. The van der Waals surface area contributed by atoms with Crippen LogP contribution in [0, 0.1) is 16.0 Å². The van der Waals surface area contributed by atoms with Crippen molar-refractivity contribution < 1.29 is 14.8 Å². The van der Waals surface area contributed by atoms with Crippen molar-refractivity contribution in [2.24, 2.45) is 5.92 Å². The second-order valence-electron chi connectivity index (χ2n) is 4.76. The van der Waals surface area contributed by atoms with Crippen LogP contribution in [-0.2, 0) is 0 Å². The van der Waals surface area contributed by atoms with Crippen molar-refractivity contribution in [2.75, 3.05) is 6.61 Å². The van der Waals surface area contributed by atoms with Crippen LogP contribution in [0.5, 0.6) is 0 Å². The highest BCUT2D eigenvalue weighted by atomic mass is 35.5. The number of carbonyl (C=O) groups is 1.